The Labute approximate surface area is 114 Å². The summed E-state index contributed by atoms with van der Waals surface area (Å²) in [7, 11) is 0. The lowest BCUT2D eigenvalue weighted by Crippen LogP contribution is -2.31. The average molecular weight is 368 g/mol. The molecule has 2 amide bonds. The van der Waals surface area contributed by atoms with E-state index < -0.39 is 18.6 Å². The van der Waals surface area contributed by atoms with Crippen molar-refractivity contribution >= 4 is 49.5 Å². The summed E-state index contributed by atoms with van der Waals surface area (Å²) in [5.41, 5.74) is 2.46. The third-order valence-electron chi connectivity index (χ3n) is 1.56. The number of hydrogen-bond donors (Lipinski definition) is 3. The van der Waals surface area contributed by atoms with Crippen LogP contribution in [0.25, 0.3) is 0 Å². The van der Waals surface area contributed by atoms with E-state index in [1.807, 2.05) is 5.48 Å². The van der Waals surface area contributed by atoms with Gasteiger partial charge in [0, 0.05) is 8.95 Å². The van der Waals surface area contributed by atoms with Crippen LogP contribution in [0, 0.1) is 0 Å². The number of para-hydroxylation sites is 1. The van der Waals surface area contributed by atoms with Crippen LogP contribution < -0.4 is 10.8 Å². The molecule has 0 saturated heterocycles. The molecule has 0 aliphatic rings. The molecule has 6 nitrogen and oxygen atoms in total. The minimum absolute atomic E-state index is 0.518. The van der Waals surface area contributed by atoms with E-state index in [9.17, 15) is 9.59 Å². The van der Waals surface area contributed by atoms with Crippen molar-refractivity contribution in [1.82, 2.24) is 5.48 Å². The van der Waals surface area contributed by atoms with Crippen molar-refractivity contribution in [1.29, 1.82) is 0 Å². The van der Waals surface area contributed by atoms with Crippen molar-refractivity contribution in [3.05, 3.63) is 27.1 Å². The van der Waals surface area contributed by atoms with E-state index in [0.717, 1.165) is 0 Å². The van der Waals surface area contributed by atoms with Crippen LogP contribution in [0.3, 0.4) is 0 Å². The van der Waals surface area contributed by atoms with Crippen LogP contribution in [0.5, 0.6) is 0 Å². The Hall–Kier alpha value is -1.12. The third-order valence-corrected chi connectivity index (χ3v) is 2.88. The molecule has 0 bridgehead atoms. The summed E-state index contributed by atoms with van der Waals surface area (Å²) in [5, 5.41) is 10.8. The number of nitrogens with one attached hydrogen (secondary N) is 2. The van der Waals surface area contributed by atoms with Gasteiger partial charge < -0.3 is 10.4 Å². The molecule has 1 rings (SSSR count). The predicted molar refractivity (Wildman–Crippen MR) is 67.6 cm³/mol. The summed E-state index contributed by atoms with van der Waals surface area (Å²) in [6, 6.07) is 4.62. The molecular formula is C9H8Br2N2O4. The summed E-state index contributed by atoms with van der Waals surface area (Å²) >= 11 is 6.52. The van der Waals surface area contributed by atoms with Gasteiger partial charge in [-0.2, -0.15) is 0 Å². The maximum Gasteiger partial charge on any atom is 0.343 e. The number of carboxylic acids is 1. The van der Waals surface area contributed by atoms with Crippen molar-refractivity contribution in [2.24, 2.45) is 0 Å². The molecule has 0 saturated carbocycles. The predicted octanol–water partition coefficient (Wildman–Crippen LogP) is 2.35. The van der Waals surface area contributed by atoms with E-state index in [2.05, 4.69) is 42.0 Å². The molecular weight excluding hydrogens is 360 g/mol. The summed E-state index contributed by atoms with van der Waals surface area (Å²) < 4.78 is 1.36. The number of rotatable bonds is 4. The number of hydroxylamine groups is 1. The number of anilines is 1. The molecule has 92 valence electrons. The fourth-order valence-corrected chi connectivity index (χ4v) is 2.12. The Morgan fingerprint density at radius 1 is 1.29 bits per heavy atom. The highest BCUT2D eigenvalue weighted by Gasteiger charge is 2.09. The maximum atomic E-state index is 11.3. The lowest BCUT2D eigenvalue weighted by atomic mass is 10.3. The lowest BCUT2D eigenvalue weighted by Gasteiger charge is -2.09. The van der Waals surface area contributed by atoms with Crippen molar-refractivity contribution in [3.8, 4) is 0 Å². The zero-order chi connectivity index (χ0) is 12.8. The van der Waals surface area contributed by atoms with Crippen LogP contribution >= 0.6 is 31.9 Å². The van der Waals surface area contributed by atoms with Crippen molar-refractivity contribution in [2.45, 2.75) is 0 Å². The second kappa shape index (κ2) is 6.58. The third kappa shape index (κ3) is 4.72. The molecule has 8 heteroatoms. The van der Waals surface area contributed by atoms with Crippen molar-refractivity contribution in [2.75, 3.05) is 11.9 Å². The molecule has 0 atom stereocenters. The Balaban J connectivity index is 2.53. The van der Waals surface area contributed by atoms with Gasteiger partial charge in [-0.3, -0.25) is 4.84 Å². The summed E-state index contributed by atoms with van der Waals surface area (Å²) in [6.07, 6.45) is 0. The minimum atomic E-state index is -1.17. The number of carbonyl (C=O) groups excluding carboxylic acids is 1. The summed E-state index contributed by atoms with van der Waals surface area (Å²) in [5.74, 6) is -1.17. The van der Waals surface area contributed by atoms with Crippen LogP contribution in [0.1, 0.15) is 0 Å². The van der Waals surface area contributed by atoms with Crippen LogP contribution in [-0.4, -0.2) is 23.7 Å². The molecule has 0 aliphatic heterocycles. The van der Waals surface area contributed by atoms with Gasteiger partial charge in [0.15, 0.2) is 6.61 Å². The number of aliphatic carboxylic acids is 1. The normalized spacial score (nSPS) is 9.76. The topological polar surface area (TPSA) is 87.7 Å². The number of carboxylic acid groups (broad SMARTS) is 1. The summed E-state index contributed by atoms with van der Waals surface area (Å²) in [6.45, 7) is -0.607. The molecule has 0 aromatic heterocycles. The van der Waals surface area contributed by atoms with E-state index >= 15 is 0 Å². The van der Waals surface area contributed by atoms with Crippen molar-refractivity contribution in [3.63, 3.8) is 0 Å². The van der Waals surface area contributed by atoms with Gasteiger partial charge in [-0.15, -0.1) is 0 Å². The molecule has 0 radical (unpaired) electrons. The van der Waals surface area contributed by atoms with Gasteiger partial charge in [0.05, 0.1) is 5.69 Å². The van der Waals surface area contributed by atoms with Crippen LogP contribution in [0.2, 0.25) is 0 Å². The van der Waals surface area contributed by atoms with E-state index in [4.69, 9.17) is 5.11 Å². The Morgan fingerprint density at radius 3 is 2.41 bits per heavy atom. The number of halogens is 2. The summed E-state index contributed by atoms with van der Waals surface area (Å²) in [4.78, 5) is 25.9. The second-order valence-electron chi connectivity index (χ2n) is 2.84. The lowest BCUT2D eigenvalue weighted by molar-refractivity contribution is -0.143. The first-order valence-corrected chi connectivity index (χ1v) is 5.94. The number of urea groups is 1. The van der Waals surface area contributed by atoms with Gasteiger partial charge in [0.1, 0.15) is 0 Å². The Morgan fingerprint density at radius 2 is 1.88 bits per heavy atom. The SMILES string of the molecule is O=C(O)CONC(=O)Nc1c(Br)cccc1Br. The van der Waals surface area contributed by atoms with Crippen molar-refractivity contribution < 1.29 is 19.5 Å². The van der Waals surface area contributed by atoms with E-state index in [1.165, 1.54) is 0 Å². The Kier molecular flexibility index (Phi) is 5.39. The molecule has 0 unspecified atom stereocenters. The van der Waals surface area contributed by atoms with Crippen LogP contribution in [0.4, 0.5) is 10.5 Å². The largest absolute Gasteiger partial charge is 0.479 e. The van der Waals surface area contributed by atoms with Crippen LogP contribution in [0.15, 0.2) is 27.1 Å². The van der Waals surface area contributed by atoms with E-state index in [1.54, 1.807) is 18.2 Å². The quantitative estimate of drug-likeness (QED) is 0.713. The number of amides is 2. The second-order valence-corrected chi connectivity index (χ2v) is 4.54. The molecule has 0 aliphatic carbocycles. The van der Waals surface area contributed by atoms with Crippen LogP contribution in [-0.2, 0) is 9.63 Å². The zero-order valence-corrected chi connectivity index (χ0v) is 11.5. The first kappa shape index (κ1) is 13.9. The van der Waals surface area contributed by atoms with E-state index in [0.29, 0.717) is 14.6 Å². The monoisotopic (exact) mass is 366 g/mol. The fraction of sp³-hybridized carbons (Fsp3) is 0.111. The minimum Gasteiger partial charge on any atom is -0.479 e. The number of benzene rings is 1. The number of carbonyl (C=O) groups is 2. The Bertz CT molecular complexity index is 419. The molecule has 17 heavy (non-hydrogen) atoms. The first-order valence-electron chi connectivity index (χ1n) is 4.35. The number of hydrogen-bond acceptors (Lipinski definition) is 3. The first-order chi connectivity index (χ1) is 8.00. The molecule has 0 spiro atoms. The van der Waals surface area contributed by atoms with Gasteiger partial charge >= 0.3 is 12.0 Å². The van der Waals surface area contributed by atoms with Gasteiger partial charge in [0.2, 0.25) is 0 Å². The molecule has 0 heterocycles. The molecule has 0 fully saturated rings. The highest BCUT2D eigenvalue weighted by molar-refractivity contribution is 9.11. The smallest absolute Gasteiger partial charge is 0.343 e. The molecule has 1 aromatic carbocycles. The fourth-order valence-electron chi connectivity index (χ4n) is 0.920. The molecule has 3 N–H and O–H groups in total. The average Bonchev–Trinajstić information content (AvgIpc) is 2.23. The van der Waals surface area contributed by atoms with Gasteiger partial charge in [-0.05, 0) is 44.0 Å². The highest BCUT2D eigenvalue weighted by Crippen LogP contribution is 2.30. The van der Waals surface area contributed by atoms with E-state index in [-0.39, 0.29) is 0 Å². The standard InChI is InChI=1S/C9H8Br2N2O4/c10-5-2-1-3-6(11)8(5)12-9(16)13-17-4-7(14)15/h1-3H,4H2,(H,14,15)(H2,12,13,16). The van der Waals surface area contributed by atoms with Gasteiger partial charge in [0.25, 0.3) is 0 Å². The highest BCUT2D eigenvalue weighted by atomic mass is 79.9. The van der Waals surface area contributed by atoms with Gasteiger partial charge in [-0.1, -0.05) is 6.07 Å². The maximum absolute atomic E-state index is 11.3. The molecule has 1 aromatic rings. The zero-order valence-electron chi connectivity index (χ0n) is 8.37. The van der Waals surface area contributed by atoms with Gasteiger partial charge in [-0.25, -0.2) is 15.1 Å².